The highest BCUT2D eigenvalue weighted by Gasteiger charge is 2.22. The molecule has 0 saturated heterocycles. The summed E-state index contributed by atoms with van der Waals surface area (Å²) in [4.78, 5) is 44.2. The van der Waals surface area contributed by atoms with Crippen molar-refractivity contribution in [1.29, 1.82) is 0 Å². The molecule has 3 aromatic heterocycles. The third-order valence-electron chi connectivity index (χ3n) is 5.63. The van der Waals surface area contributed by atoms with E-state index in [4.69, 9.17) is 22.4 Å². The number of nitrogens with zero attached hydrogens (tertiary/aromatic N) is 4. The summed E-state index contributed by atoms with van der Waals surface area (Å²) < 4.78 is 15.8. The number of carboxylic acid groups (broad SMARTS) is 1. The van der Waals surface area contributed by atoms with E-state index in [1.165, 1.54) is 23.1 Å². The monoisotopic (exact) mass is 525 g/mol. The molecule has 0 spiro atoms. The Balaban J connectivity index is 1.57. The molecule has 190 valence electrons. The van der Waals surface area contributed by atoms with E-state index in [9.17, 15) is 18.8 Å². The molecule has 1 aromatic carbocycles. The van der Waals surface area contributed by atoms with Gasteiger partial charge in [0.2, 0.25) is 0 Å². The van der Waals surface area contributed by atoms with Gasteiger partial charge >= 0.3 is 6.09 Å². The van der Waals surface area contributed by atoms with Crippen LogP contribution in [0.5, 0.6) is 0 Å². The molecular formula is C24H21ClFN7O4. The zero-order valence-electron chi connectivity index (χ0n) is 19.7. The molecule has 0 aliphatic rings. The van der Waals surface area contributed by atoms with Crippen LogP contribution in [0.25, 0.3) is 10.9 Å². The molecule has 0 bridgehead atoms. The zero-order valence-corrected chi connectivity index (χ0v) is 20.4. The first-order valence-corrected chi connectivity index (χ1v) is 11.3. The lowest BCUT2D eigenvalue weighted by molar-refractivity contribution is 0.0931. The SMILES string of the molecule is Cc1cc(NC(=O)O)nc(C)c1CNC(=O)c1cnn(Cc2cc(F)c3ncc(Cl)cc3c2)c1C(N)=O. The van der Waals surface area contributed by atoms with Crippen LogP contribution in [0.15, 0.2) is 36.7 Å². The van der Waals surface area contributed by atoms with Crippen LogP contribution in [0, 0.1) is 19.7 Å². The highest BCUT2D eigenvalue weighted by atomic mass is 35.5. The van der Waals surface area contributed by atoms with E-state index in [2.05, 4.69) is 25.7 Å². The number of carbonyl (C=O) groups excluding carboxylic acids is 2. The van der Waals surface area contributed by atoms with Crippen LogP contribution < -0.4 is 16.4 Å². The smallest absolute Gasteiger partial charge is 0.410 e. The van der Waals surface area contributed by atoms with E-state index in [0.29, 0.717) is 32.8 Å². The van der Waals surface area contributed by atoms with Crippen molar-refractivity contribution >= 4 is 46.2 Å². The molecule has 13 heteroatoms. The number of rotatable bonds is 7. The fraction of sp³-hybridized carbons (Fsp3) is 0.167. The Bertz CT molecular complexity index is 1550. The van der Waals surface area contributed by atoms with E-state index in [1.54, 1.807) is 32.0 Å². The minimum Gasteiger partial charge on any atom is -0.465 e. The second kappa shape index (κ2) is 10.2. The molecule has 3 amide bonds. The number of fused-ring (bicyclic) bond motifs is 1. The second-order valence-corrected chi connectivity index (χ2v) is 8.67. The number of amides is 3. The fourth-order valence-corrected chi connectivity index (χ4v) is 4.16. The molecule has 5 N–H and O–H groups in total. The Hall–Kier alpha value is -4.58. The van der Waals surface area contributed by atoms with Gasteiger partial charge in [0.25, 0.3) is 11.8 Å². The number of hydrogen-bond acceptors (Lipinski definition) is 6. The van der Waals surface area contributed by atoms with Crippen LogP contribution in [0.2, 0.25) is 5.02 Å². The van der Waals surface area contributed by atoms with Gasteiger partial charge in [0, 0.05) is 23.8 Å². The second-order valence-electron chi connectivity index (χ2n) is 8.23. The third kappa shape index (κ3) is 5.48. The molecule has 11 nitrogen and oxygen atoms in total. The van der Waals surface area contributed by atoms with Gasteiger partial charge in [0.05, 0.1) is 23.3 Å². The Morgan fingerprint density at radius 1 is 1.16 bits per heavy atom. The van der Waals surface area contributed by atoms with Crippen LogP contribution in [-0.2, 0) is 13.1 Å². The maximum atomic E-state index is 14.6. The summed E-state index contributed by atoms with van der Waals surface area (Å²) in [5, 5.41) is 18.7. The topological polar surface area (TPSA) is 165 Å². The summed E-state index contributed by atoms with van der Waals surface area (Å²) in [6, 6.07) is 6.03. The minimum absolute atomic E-state index is 0.0366. The van der Waals surface area contributed by atoms with Crippen molar-refractivity contribution in [3.05, 3.63) is 81.1 Å². The number of aryl methyl sites for hydroxylation is 2. The van der Waals surface area contributed by atoms with Crippen LogP contribution in [0.1, 0.15) is 43.2 Å². The van der Waals surface area contributed by atoms with E-state index < -0.39 is 23.7 Å². The lowest BCUT2D eigenvalue weighted by Crippen LogP contribution is -2.28. The molecule has 0 unspecified atom stereocenters. The van der Waals surface area contributed by atoms with Gasteiger partial charge in [-0.15, -0.1) is 0 Å². The van der Waals surface area contributed by atoms with Crippen LogP contribution in [0.4, 0.5) is 15.0 Å². The van der Waals surface area contributed by atoms with Crippen LogP contribution in [0.3, 0.4) is 0 Å². The Labute approximate surface area is 214 Å². The molecule has 0 aliphatic heterocycles. The summed E-state index contributed by atoms with van der Waals surface area (Å²) in [7, 11) is 0. The maximum absolute atomic E-state index is 14.6. The largest absolute Gasteiger partial charge is 0.465 e. The summed E-state index contributed by atoms with van der Waals surface area (Å²) in [6.07, 6.45) is 1.31. The molecule has 37 heavy (non-hydrogen) atoms. The Kier molecular flexibility index (Phi) is 7.02. The zero-order chi connectivity index (χ0) is 26.9. The molecule has 3 heterocycles. The number of anilines is 1. The van der Waals surface area contributed by atoms with Gasteiger partial charge in [-0.05, 0) is 54.8 Å². The van der Waals surface area contributed by atoms with Crippen molar-refractivity contribution in [3.63, 3.8) is 0 Å². The van der Waals surface area contributed by atoms with E-state index in [-0.39, 0.29) is 35.7 Å². The number of benzene rings is 1. The van der Waals surface area contributed by atoms with Gasteiger partial charge < -0.3 is 16.2 Å². The van der Waals surface area contributed by atoms with Crippen molar-refractivity contribution in [2.45, 2.75) is 26.9 Å². The lowest BCUT2D eigenvalue weighted by atomic mass is 10.1. The average molecular weight is 526 g/mol. The van der Waals surface area contributed by atoms with Gasteiger partial charge in [-0.1, -0.05) is 11.6 Å². The number of nitrogens with one attached hydrogen (secondary N) is 2. The van der Waals surface area contributed by atoms with Gasteiger partial charge in [0.15, 0.2) is 0 Å². The lowest BCUT2D eigenvalue weighted by Gasteiger charge is -2.13. The Morgan fingerprint density at radius 3 is 2.59 bits per heavy atom. The summed E-state index contributed by atoms with van der Waals surface area (Å²) in [6.45, 7) is 3.45. The predicted octanol–water partition coefficient (Wildman–Crippen LogP) is 3.40. The number of primary amides is 1. The molecule has 4 rings (SSSR count). The van der Waals surface area contributed by atoms with Crippen LogP contribution in [-0.4, -0.2) is 42.8 Å². The fourth-order valence-electron chi connectivity index (χ4n) is 4.00. The van der Waals surface area contributed by atoms with Gasteiger partial charge in [0.1, 0.15) is 22.8 Å². The first kappa shape index (κ1) is 25.5. The first-order valence-electron chi connectivity index (χ1n) is 10.9. The predicted molar refractivity (Wildman–Crippen MR) is 133 cm³/mol. The molecule has 0 aliphatic carbocycles. The molecular weight excluding hydrogens is 505 g/mol. The maximum Gasteiger partial charge on any atom is 0.410 e. The van der Waals surface area contributed by atoms with Crippen LogP contribution >= 0.6 is 11.6 Å². The standard InChI is InChI=1S/C24H21ClFN7O4/c1-11-3-19(32-24(36)37)31-12(2)16(11)8-29-23(35)17-9-30-33(21(17)22(27)34)10-13-4-14-6-15(25)7-28-20(14)18(26)5-13/h3-7,9H,8,10H2,1-2H3,(H2,27,34)(H,29,35)(H,31,32)(H,36,37). The minimum atomic E-state index is -1.24. The number of aromatic nitrogens is 4. The van der Waals surface area contributed by atoms with Gasteiger partial charge in [-0.25, -0.2) is 14.2 Å². The first-order chi connectivity index (χ1) is 17.5. The van der Waals surface area contributed by atoms with E-state index in [1.807, 2.05) is 0 Å². The molecule has 0 radical (unpaired) electrons. The summed E-state index contributed by atoms with van der Waals surface area (Å²) >= 11 is 5.97. The van der Waals surface area contributed by atoms with Crippen molar-refractivity contribution in [1.82, 2.24) is 25.1 Å². The average Bonchev–Trinajstić information content (AvgIpc) is 3.21. The van der Waals surface area contributed by atoms with E-state index >= 15 is 0 Å². The summed E-state index contributed by atoms with van der Waals surface area (Å²) in [5.41, 5.74) is 7.87. The Morgan fingerprint density at radius 2 is 1.92 bits per heavy atom. The van der Waals surface area contributed by atoms with E-state index in [0.717, 1.165) is 0 Å². The third-order valence-corrected chi connectivity index (χ3v) is 5.83. The molecule has 0 fully saturated rings. The normalized spacial score (nSPS) is 10.9. The summed E-state index contributed by atoms with van der Waals surface area (Å²) in [5.74, 6) is -1.89. The van der Waals surface area contributed by atoms with Crippen molar-refractivity contribution in [3.8, 4) is 0 Å². The molecule has 4 aromatic rings. The van der Waals surface area contributed by atoms with Gasteiger partial charge in [-0.3, -0.25) is 24.6 Å². The van der Waals surface area contributed by atoms with Crippen molar-refractivity contribution in [2.24, 2.45) is 5.73 Å². The number of carbonyl (C=O) groups is 3. The number of hydrogen-bond donors (Lipinski definition) is 4. The number of halogens is 2. The number of nitrogens with two attached hydrogens (primary N) is 1. The highest BCUT2D eigenvalue weighted by Crippen LogP contribution is 2.23. The van der Waals surface area contributed by atoms with Gasteiger partial charge in [-0.2, -0.15) is 5.10 Å². The molecule has 0 saturated carbocycles. The molecule has 0 atom stereocenters. The van der Waals surface area contributed by atoms with Crippen molar-refractivity contribution in [2.75, 3.05) is 5.32 Å². The number of pyridine rings is 2. The highest BCUT2D eigenvalue weighted by molar-refractivity contribution is 6.31. The van der Waals surface area contributed by atoms with Crippen molar-refractivity contribution < 1.29 is 23.9 Å². The quantitative estimate of drug-likeness (QED) is 0.287.